The molecule has 5 rings (SSSR count). The Morgan fingerprint density at radius 1 is 1.03 bits per heavy atom. The molecule has 0 aliphatic carbocycles. The summed E-state index contributed by atoms with van der Waals surface area (Å²) in [6.07, 6.45) is 10.4. The maximum Gasteiger partial charge on any atom is 0.133 e. The van der Waals surface area contributed by atoms with Crippen LogP contribution in [0.25, 0.3) is 22.5 Å². The van der Waals surface area contributed by atoms with Gasteiger partial charge in [-0.2, -0.15) is 5.10 Å². The molecule has 180 valence electrons. The van der Waals surface area contributed by atoms with E-state index in [0.29, 0.717) is 6.42 Å². The Kier molecular flexibility index (Phi) is 7.25. The first-order chi connectivity index (χ1) is 17.2. The number of rotatable bonds is 8. The Hall–Kier alpha value is -3.42. The van der Waals surface area contributed by atoms with E-state index >= 15 is 0 Å². The SMILES string of the molecule is CCn1cc(-c2ccnc(Cc3ccc4c(c3)CCN(CCOC)CC4)n2)c(-c2cccnc2)n1. The lowest BCUT2D eigenvalue weighted by Gasteiger charge is -2.18. The lowest BCUT2D eigenvalue weighted by Crippen LogP contribution is -2.29. The van der Waals surface area contributed by atoms with Crippen molar-refractivity contribution in [3.05, 3.63) is 83.7 Å². The van der Waals surface area contributed by atoms with Gasteiger partial charge in [-0.05, 0) is 54.7 Å². The maximum atomic E-state index is 5.27. The molecule has 3 aromatic heterocycles. The fourth-order valence-corrected chi connectivity index (χ4v) is 4.68. The molecule has 1 aliphatic heterocycles. The molecule has 0 N–H and O–H groups in total. The summed E-state index contributed by atoms with van der Waals surface area (Å²) < 4.78 is 7.21. The van der Waals surface area contributed by atoms with Gasteiger partial charge >= 0.3 is 0 Å². The van der Waals surface area contributed by atoms with Crippen molar-refractivity contribution in [2.75, 3.05) is 33.4 Å². The zero-order valence-corrected chi connectivity index (χ0v) is 20.5. The van der Waals surface area contributed by atoms with Crippen LogP contribution in [0.3, 0.4) is 0 Å². The van der Waals surface area contributed by atoms with Crippen LogP contribution in [0.4, 0.5) is 0 Å². The molecule has 35 heavy (non-hydrogen) atoms. The number of aryl methyl sites for hydroxylation is 1. The van der Waals surface area contributed by atoms with Crippen LogP contribution < -0.4 is 0 Å². The Morgan fingerprint density at radius 3 is 2.71 bits per heavy atom. The van der Waals surface area contributed by atoms with Crippen molar-refractivity contribution in [3.8, 4) is 22.5 Å². The molecule has 0 spiro atoms. The summed E-state index contributed by atoms with van der Waals surface area (Å²) in [5.74, 6) is 0.819. The highest BCUT2D eigenvalue weighted by Crippen LogP contribution is 2.29. The third kappa shape index (κ3) is 5.47. The number of methoxy groups -OCH3 is 1. The summed E-state index contributed by atoms with van der Waals surface area (Å²) in [4.78, 5) is 16.3. The third-order valence-electron chi connectivity index (χ3n) is 6.64. The van der Waals surface area contributed by atoms with E-state index in [1.165, 1.54) is 16.7 Å². The molecular weight excluding hydrogens is 436 g/mol. The second-order valence-electron chi connectivity index (χ2n) is 8.96. The van der Waals surface area contributed by atoms with Gasteiger partial charge in [0.15, 0.2) is 0 Å². The van der Waals surface area contributed by atoms with E-state index in [1.807, 2.05) is 35.3 Å². The summed E-state index contributed by atoms with van der Waals surface area (Å²) >= 11 is 0. The summed E-state index contributed by atoms with van der Waals surface area (Å²) in [7, 11) is 1.77. The predicted molar refractivity (Wildman–Crippen MR) is 137 cm³/mol. The topological polar surface area (TPSA) is 69.0 Å². The monoisotopic (exact) mass is 468 g/mol. The highest BCUT2D eigenvalue weighted by atomic mass is 16.5. The van der Waals surface area contributed by atoms with Crippen molar-refractivity contribution in [1.29, 1.82) is 0 Å². The first-order valence-corrected chi connectivity index (χ1v) is 12.4. The fourth-order valence-electron chi connectivity index (χ4n) is 4.68. The van der Waals surface area contributed by atoms with Gasteiger partial charge in [0, 0.05) is 75.6 Å². The molecule has 4 heterocycles. The molecule has 0 radical (unpaired) electrons. The summed E-state index contributed by atoms with van der Waals surface area (Å²) in [5, 5.41) is 4.78. The molecule has 1 aromatic carbocycles. The van der Waals surface area contributed by atoms with Crippen LogP contribution in [0.5, 0.6) is 0 Å². The van der Waals surface area contributed by atoms with Crippen molar-refractivity contribution in [3.63, 3.8) is 0 Å². The van der Waals surface area contributed by atoms with Gasteiger partial charge in [-0.25, -0.2) is 9.97 Å². The number of nitrogens with zero attached hydrogens (tertiary/aromatic N) is 6. The van der Waals surface area contributed by atoms with E-state index in [-0.39, 0.29) is 0 Å². The van der Waals surface area contributed by atoms with Gasteiger partial charge < -0.3 is 9.64 Å². The normalized spacial score (nSPS) is 14.0. The van der Waals surface area contributed by atoms with Crippen LogP contribution in [-0.4, -0.2) is 63.0 Å². The number of aromatic nitrogens is 5. The number of ether oxygens (including phenoxy) is 1. The minimum Gasteiger partial charge on any atom is -0.383 e. The molecule has 0 fully saturated rings. The number of benzene rings is 1. The van der Waals surface area contributed by atoms with Gasteiger partial charge in [0.2, 0.25) is 0 Å². The molecule has 1 aliphatic rings. The second-order valence-corrected chi connectivity index (χ2v) is 8.96. The smallest absolute Gasteiger partial charge is 0.133 e. The third-order valence-corrected chi connectivity index (χ3v) is 6.64. The van der Waals surface area contributed by atoms with Crippen LogP contribution in [0.2, 0.25) is 0 Å². The quantitative estimate of drug-likeness (QED) is 0.388. The first-order valence-electron chi connectivity index (χ1n) is 12.4. The molecule has 0 saturated carbocycles. The fraction of sp³-hybridized carbons (Fsp3) is 0.357. The molecule has 4 aromatic rings. The molecule has 0 amide bonds. The lowest BCUT2D eigenvalue weighted by molar-refractivity contribution is 0.150. The van der Waals surface area contributed by atoms with Gasteiger partial charge in [0.25, 0.3) is 0 Å². The van der Waals surface area contributed by atoms with E-state index in [0.717, 1.165) is 74.0 Å². The Balaban J connectivity index is 1.37. The zero-order chi connectivity index (χ0) is 24.0. The maximum absolute atomic E-state index is 5.27. The van der Waals surface area contributed by atoms with Crippen LogP contribution in [0.1, 0.15) is 29.4 Å². The van der Waals surface area contributed by atoms with Crippen LogP contribution in [-0.2, 0) is 30.5 Å². The van der Waals surface area contributed by atoms with Crippen LogP contribution in [0, 0.1) is 0 Å². The molecular formula is C28H32N6O. The van der Waals surface area contributed by atoms with Crippen molar-refractivity contribution in [2.24, 2.45) is 0 Å². The molecule has 0 unspecified atom stereocenters. The lowest BCUT2D eigenvalue weighted by atomic mass is 9.98. The second kappa shape index (κ2) is 10.9. The average molecular weight is 469 g/mol. The molecule has 0 saturated heterocycles. The number of fused-ring (bicyclic) bond motifs is 1. The van der Waals surface area contributed by atoms with Gasteiger partial charge in [-0.1, -0.05) is 18.2 Å². The van der Waals surface area contributed by atoms with Crippen LogP contribution >= 0.6 is 0 Å². The zero-order valence-electron chi connectivity index (χ0n) is 20.5. The molecule has 0 bridgehead atoms. The van der Waals surface area contributed by atoms with Crippen molar-refractivity contribution in [1.82, 2.24) is 29.6 Å². The first kappa shape index (κ1) is 23.3. The number of hydrogen-bond acceptors (Lipinski definition) is 6. The molecule has 7 heteroatoms. The largest absolute Gasteiger partial charge is 0.383 e. The summed E-state index contributed by atoms with van der Waals surface area (Å²) in [6, 6.07) is 12.8. The molecule has 7 nitrogen and oxygen atoms in total. The van der Waals surface area contributed by atoms with E-state index < -0.39 is 0 Å². The van der Waals surface area contributed by atoms with E-state index in [4.69, 9.17) is 14.8 Å². The Bertz CT molecular complexity index is 1270. The standard InChI is InChI=1S/C28H32N6O/c1-3-34-20-25(28(32-34)24-5-4-11-29-19-24)26-8-12-30-27(31-26)18-21-6-7-22-9-13-33(15-16-35-2)14-10-23(22)17-21/h4-8,11-12,17,19-20H,3,9-10,13-16,18H2,1-2H3. The van der Waals surface area contributed by atoms with E-state index in [9.17, 15) is 0 Å². The molecule has 0 atom stereocenters. The van der Waals surface area contributed by atoms with Crippen molar-refractivity contribution in [2.45, 2.75) is 32.7 Å². The average Bonchev–Trinajstić information content (AvgIpc) is 3.24. The minimum absolute atomic E-state index is 0.707. The van der Waals surface area contributed by atoms with Gasteiger partial charge in [0.05, 0.1) is 12.3 Å². The van der Waals surface area contributed by atoms with E-state index in [1.54, 1.807) is 13.3 Å². The van der Waals surface area contributed by atoms with Gasteiger partial charge in [-0.3, -0.25) is 9.67 Å². The van der Waals surface area contributed by atoms with Crippen molar-refractivity contribution < 1.29 is 4.74 Å². The Morgan fingerprint density at radius 2 is 1.91 bits per heavy atom. The highest BCUT2D eigenvalue weighted by Gasteiger charge is 2.17. The highest BCUT2D eigenvalue weighted by molar-refractivity contribution is 5.78. The number of pyridine rings is 1. The predicted octanol–water partition coefficient (Wildman–Crippen LogP) is 4.06. The Labute approximate surface area is 206 Å². The van der Waals surface area contributed by atoms with E-state index in [2.05, 4.69) is 46.2 Å². The minimum atomic E-state index is 0.707. The van der Waals surface area contributed by atoms with Gasteiger partial charge in [0.1, 0.15) is 11.5 Å². The van der Waals surface area contributed by atoms with Crippen molar-refractivity contribution >= 4 is 0 Å². The summed E-state index contributed by atoms with van der Waals surface area (Å²) in [6.45, 7) is 6.83. The van der Waals surface area contributed by atoms with Crippen LogP contribution in [0.15, 0.2) is 61.2 Å². The number of hydrogen-bond donors (Lipinski definition) is 0. The van der Waals surface area contributed by atoms with Gasteiger partial charge in [-0.15, -0.1) is 0 Å². The summed E-state index contributed by atoms with van der Waals surface area (Å²) in [5.41, 5.74) is 7.92.